The van der Waals surface area contributed by atoms with E-state index in [1.807, 2.05) is 0 Å². The van der Waals surface area contributed by atoms with Crippen LogP contribution in [0.2, 0.25) is 0 Å². The highest BCUT2D eigenvalue weighted by molar-refractivity contribution is 5.92. The molecular weight excluding hydrogens is 532 g/mol. The van der Waals surface area contributed by atoms with Gasteiger partial charge < -0.3 is 51.2 Å². The molecule has 40 heavy (non-hydrogen) atoms. The van der Waals surface area contributed by atoms with Crippen LogP contribution in [0, 0.1) is 0 Å². The van der Waals surface area contributed by atoms with Crippen LogP contribution in [0.3, 0.4) is 0 Å². The average Bonchev–Trinajstić information content (AvgIpc) is 2.89. The van der Waals surface area contributed by atoms with Crippen LogP contribution in [0.25, 0.3) is 0 Å². The Bertz CT molecular complexity index is 859. The number of hydrogen-bond acceptors (Lipinski definition) is 10. The van der Waals surface area contributed by atoms with E-state index in [0.717, 1.165) is 25.7 Å². The summed E-state index contributed by atoms with van der Waals surface area (Å²) in [5.41, 5.74) is 0. The molecule has 0 spiro atoms. The molecule has 0 aromatic rings. The maximum atomic E-state index is 12.8. The molecule has 230 valence electrons. The zero-order chi connectivity index (χ0) is 30.4. The molecule has 0 unspecified atom stereocenters. The van der Waals surface area contributed by atoms with Gasteiger partial charge in [-0.05, 0) is 26.7 Å². The number of carbonyl (C=O) groups is 5. The number of ether oxygens (including phenoxy) is 2. The molecule has 0 aromatic heterocycles. The van der Waals surface area contributed by atoms with Crippen LogP contribution >= 0.6 is 0 Å². The Morgan fingerprint density at radius 1 is 0.975 bits per heavy atom. The number of aliphatic hydroxyl groups excluding tert-OH is 3. The molecule has 4 amide bonds. The van der Waals surface area contributed by atoms with Gasteiger partial charge in [0.15, 0.2) is 6.29 Å². The molecule has 8 N–H and O–H groups in total. The van der Waals surface area contributed by atoms with E-state index >= 15 is 0 Å². The van der Waals surface area contributed by atoms with Crippen LogP contribution in [0.5, 0.6) is 0 Å². The van der Waals surface area contributed by atoms with Gasteiger partial charge in [0.05, 0.1) is 6.61 Å². The Hall–Kier alpha value is -2.85. The predicted molar refractivity (Wildman–Crippen MR) is 139 cm³/mol. The van der Waals surface area contributed by atoms with E-state index < -0.39 is 85.0 Å². The van der Waals surface area contributed by atoms with Crippen molar-refractivity contribution < 1.29 is 53.9 Å². The summed E-state index contributed by atoms with van der Waals surface area (Å²) in [7, 11) is 0. The minimum Gasteiger partial charge on any atom is -0.481 e. The van der Waals surface area contributed by atoms with Gasteiger partial charge in [-0.3, -0.25) is 24.0 Å². The number of hydrogen-bond donors (Lipinski definition) is 8. The molecule has 1 rings (SSSR count). The Labute approximate surface area is 233 Å². The van der Waals surface area contributed by atoms with Gasteiger partial charge in [-0.2, -0.15) is 0 Å². The second-order valence-electron chi connectivity index (χ2n) is 9.78. The van der Waals surface area contributed by atoms with Crippen molar-refractivity contribution in [3.8, 4) is 0 Å². The van der Waals surface area contributed by atoms with E-state index in [2.05, 4.69) is 28.2 Å². The third kappa shape index (κ3) is 11.7. The normalized spacial score (nSPS) is 24.7. The molecule has 1 aliphatic rings. The van der Waals surface area contributed by atoms with E-state index in [1.54, 1.807) is 0 Å². The van der Waals surface area contributed by atoms with Crippen molar-refractivity contribution in [2.45, 2.75) is 115 Å². The van der Waals surface area contributed by atoms with Crippen molar-refractivity contribution in [2.75, 3.05) is 13.2 Å². The first-order chi connectivity index (χ1) is 18.8. The zero-order valence-electron chi connectivity index (χ0n) is 23.4. The Kier molecular flexibility index (Phi) is 15.6. The van der Waals surface area contributed by atoms with E-state index in [0.29, 0.717) is 6.54 Å². The van der Waals surface area contributed by atoms with Gasteiger partial charge in [-0.15, -0.1) is 0 Å². The average molecular weight is 577 g/mol. The molecular formula is C25H44N4O11. The number of nitrogens with one attached hydrogen (secondary N) is 4. The maximum absolute atomic E-state index is 12.8. The quantitative estimate of drug-likeness (QED) is 0.0872. The molecule has 15 heteroatoms. The summed E-state index contributed by atoms with van der Waals surface area (Å²) in [5, 5.41) is 49.1. The number of carboxylic acids is 1. The molecule has 15 nitrogen and oxygen atoms in total. The fourth-order valence-electron chi connectivity index (χ4n) is 4.05. The van der Waals surface area contributed by atoms with Crippen molar-refractivity contribution in [3.05, 3.63) is 0 Å². The summed E-state index contributed by atoms with van der Waals surface area (Å²) in [6, 6.07) is -3.55. The fourth-order valence-corrected chi connectivity index (χ4v) is 4.05. The molecule has 1 heterocycles. The topological polar surface area (TPSA) is 233 Å². The van der Waals surface area contributed by atoms with Gasteiger partial charge in [0.2, 0.25) is 23.6 Å². The van der Waals surface area contributed by atoms with Crippen molar-refractivity contribution in [3.63, 3.8) is 0 Å². The third-order valence-corrected chi connectivity index (χ3v) is 6.33. The lowest BCUT2D eigenvalue weighted by atomic mass is 9.96. The van der Waals surface area contributed by atoms with E-state index in [9.17, 15) is 39.3 Å². The molecule has 0 aliphatic carbocycles. The summed E-state index contributed by atoms with van der Waals surface area (Å²) >= 11 is 0. The van der Waals surface area contributed by atoms with Crippen molar-refractivity contribution >= 4 is 29.6 Å². The van der Waals surface area contributed by atoms with Crippen LogP contribution in [0.1, 0.15) is 66.2 Å². The Balaban J connectivity index is 2.80. The van der Waals surface area contributed by atoms with Crippen LogP contribution in [0.15, 0.2) is 0 Å². The molecule has 8 atom stereocenters. The maximum Gasteiger partial charge on any atom is 0.303 e. The van der Waals surface area contributed by atoms with E-state index in [4.69, 9.17) is 14.6 Å². The fraction of sp³-hybridized carbons (Fsp3) is 0.800. The summed E-state index contributed by atoms with van der Waals surface area (Å²) in [6.07, 6.45) is -3.87. The van der Waals surface area contributed by atoms with Crippen LogP contribution in [0.4, 0.5) is 0 Å². The standard InChI is InChI=1S/C25H44N4O11/c1-5-6-7-8-11-26-24(37)16(9-10-18(32)33)29-22(35)13(2)27-23(36)14(3)39-21-19(28-15(4)31)25(38)40-17(12-30)20(21)34/h13-14,16-17,19-21,25,30,34,38H,5-12H2,1-4H3,(H,26,37)(H,27,36)(H,28,31)(H,29,35)(H,32,33)/t13-,14+,16+,17+,19+,20+,21+,25+/m0/s1. The number of unbranched alkanes of at least 4 members (excludes halogenated alkanes) is 3. The largest absolute Gasteiger partial charge is 0.481 e. The van der Waals surface area contributed by atoms with Gasteiger partial charge >= 0.3 is 5.97 Å². The van der Waals surface area contributed by atoms with Gasteiger partial charge in [-0.25, -0.2) is 0 Å². The van der Waals surface area contributed by atoms with E-state index in [1.165, 1.54) is 20.8 Å². The van der Waals surface area contributed by atoms with Crippen LogP contribution in [-0.2, 0) is 33.4 Å². The summed E-state index contributed by atoms with van der Waals surface area (Å²) in [6.45, 7) is 5.60. The number of amides is 4. The van der Waals surface area contributed by atoms with Crippen molar-refractivity contribution in [1.29, 1.82) is 0 Å². The molecule has 0 bridgehead atoms. The predicted octanol–water partition coefficient (Wildman–Crippen LogP) is -2.11. The number of aliphatic hydroxyl groups is 3. The lowest BCUT2D eigenvalue weighted by Crippen LogP contribution is -2.65. The smallest absolute Gasteiger partial charge is 0.303 e. The highest BCUT2D eigenvalue weighted by Crippen LogP contribution is 2.23. The van der Waals surface area contributed by atoms with Crippen molar-refractivity contribution in [1.82, 2.24) is 21.3 Å². The first-order valence-corrected chi connectivity index (χ1v) is 13.5. The molecule has 1 aliphatic heterocycles. The number of carboxylic acid groups (broad SMARTS) is 1. The number of carbonyl (C=O) groups excluding carboxylic acids is 4. The lowest BCUT2D eigenvalue weighted by molar-refractivity contribution is -0.266. The summed E-state index contributed by atoms with van der Waals surface area (Å²) in [4.78, 5) is 60.7. The minimum atomic E-state index is -1.64. The first kappa shape index (κ1) is 35.2. The second-order valence-corrected chi connectivity index (χ2v) is 9.78. The van der Waals surface area contributed by atoms with Crippen LogP contribution < -0.4 is 21.3 Å². The van der Waals surface area contributed by atoms with E-state index in [-0.39, 0.29) is 12.8 Å². The molecule has 0 aromatic carbocycles. The van der Waals surface area contributed by atoms with Crippen molar-refractivity contribution in [2.24, 2.45) is 0 Å². The highest BCUT2D eigenvalue weighted by atomic mass is 16.6. The van der Waals surface area contributed by atoms with Crippen LogP contribution in [-0.4, -0.2) is 112 Å². The summed E-state index contributed by atoms with van der Waals surface area (Å²) in [5.74, 6) is -3.77. The first-order valence-electron chi connectivity index (χ1n) is 13.5. The second kappa shape index (κ2) is 17.8. The summed E-state index contributed by atoms with van der Waals surface area (Å²) < 4.78 is 10.7. The van der Waals surface area contributed by atoms with Gasteiger partial charge in [-0.1, -0.05) is 26.2 Å². The molecule has 0 saturated carbocycles. The Morgan fingerprint density at radius 3 is 2.23 bits per heavy atom. The highest BCUT2D eigenvalue weighted by Gasteiger charge is 2.47. The molecule has 0 radical (unpaired) electrons. The number of aliphatic carboxylic acids is 1. The zero-order valence-corrected chi connectivity index (χ0v) is 23.4. The van der Waals surface area contributed by atoms with Gasteiger partial charge in [0.25, 0.3) is 0 Å². The number of rotatable bonds is 17. The molecule has 1 fully saturated rings. The Morgan fingerprint density at radius 2 is 1.65 bits per heavy atom. The molecule has 1 saturated heterocycles. The minimum absolute atomic E-state index is 0.150. The third-order valence-electron chi connectivity index (χ3n) is 6.33. The monoisotopic (exact) mass is 576 g/mol. The van der Waals surface area contributed by atoms with Gasteiger partial charge in [0.1, 0.15) is 42.5 Å². The lowest BCUT2D eigenvalue weighted by Gasteiger charge is -2.43. The SMILES string of the molecule is CCCCCCNC(=O)[C@@H](CCC(=O)O)NC(=O)[C@H](C)NC(=O)[C@@H](C)O[C@H]1[C@H](O)[C@@H](CO)O[C@@H](O)[C@@H]1NC(C)=O. The van der Waals surface area contributed by atoms with Gasteiger partial charge in [0, 0.05) is 19.9 Å².